The Kier molecular flexibility index (Phi) is 4.68. The normalized spacial score (nSPS) is 25.0. The van der Waals surface area contributed by atoms with Gasteiger partial charge in [0.05, 0.1) is 24.1 Å². The Bertz CT molecular complexity index is 836. The fraction of sp³-hybridized carbons (Fsp3) is 0.524. The van der Waals surface area contributed by atoms with E-state index < -0.39 is 0 Å². The Balaban J connectivity index is 1.44. The molecule has 1 fully saturated rings. The molecular weight excluding hydrogens is 340 g/mol. The summed E-state index contributed by atoms with van der Waals surface area (Å²) in [5.74, 6) is 0.693. The molecule has 0 radical (unpaired) electrons. The van der Waals surface area contributed by atoms with E-state index in [1.54, 1.807) is 0 Å². The highest BCUT2D eigenvalue weighted by Crippen LogP contribution is 2.37. The van der Waals surface area contributed by atoms with Gasteiger partial charge in [-0.05, 0) is 51.8 Å². The summed E-state index contributed by atoms with van der Waals surface area (Å²) >= 11 is 0. The predicted molar refractivity (Wildman–Crippen MR) is 104 cm³/mol. The zero-order valence-corrected chi connectivity index (χ0v) is 16.4. The Morgan fingerprint density at radius 2 is 2.15 bits per heavy atom. The van der Waals surface area contributed by atoms with Gasteiger partial charge >= 0.3 is 0 Å². The number of nitrogens with one attached hydrogen (secondary N) is 1. The molecule has 2 aliphatic rings. The number of aryl methyl sites for hydroxylation is 2. The van der Waals surface area contributed by atoms with Crippen molar-refractivity contribution >= 4 is 5.91 Å². The second-order valence-electron chi connectivity index (χ2n) is 8.11. The van der Waals surface area contributed by atoms with Crippen LogP contribution < -0.4 is 10.1 Å². The van der Waals surface area contributed by atoms with Crippen LogP contribution in [-0.4, -0.2) is 45.6 Å². The van der Waals surface area contributed by atoms with Crippen molar-refractivity contribution in [1.29, 1.82) is 0 Å². The van der Waals surface area contributed by atoms with Gasteiger partial charge in [0.15, 0.2) is 0 Å². The van der Waals surface area contributed by atoms with Gasteiger partial charge in [-0.3, -0.25) is 9.69 Å². The Labute approximate surface area is 160 Å². The number of carbonyl (C=O) groups excluding carboxylic acids is 1. The molecule has 0 bridgehead atoms. The van der Waals surface area contributed by atoms with Crippen molar-refractivity contribution < 1.29 is 9.53 Å². The molecular formula is C21H28N4O2. The van der Waals surface area contributed by atoms with Gasteiger partial charge in [0.1, 0.15) is 11.4 Å². The lowest BCUT2D eigenvalue weighted by Crippen LogP contribution is -2.50. The number of nitrogens with zero attached hydrogens (tertiary/aromatic N) is 3. The molecule has 4 rings (SSSR count). The van der Waals surface area contributed by atoms with Gasteiger partial charge in [-0.2, -0.15) is 0 Å². The molecule has 1 aliphatic carbocycles. The van der Waals surface area contributed by atoms with Gasteiger partial charge < -0.3 is 14.6 Å². The molecule has 0 saturated heterocycles. The van der Waals surface area contributed by atoms with Gasteiger partial charge in [-0.15, -0.1) is 0 Å². The zero-order valence-electron chi connectivity index (χ0n) is 16.4. The summed E-state index contributed by atoms with van der Waals surface area (Å²) in [6.07, 6.45) is 7.79. The second kappa shape index (κ2) is 7.00. The van der Waals surface area contributed by atoms with Crippen molar-refractivity contribution in [2.75, 3.05) is 13.6 Å². The molecule has 144 valence electrons. The smallest absolute Gasteiger partial charge is 0.255 e. The van der Waals surface area contributed by atoms with Gasteiger partial charge in [-0.25, -0.2) is 4.98 Å². The largest absolute Gasteiger partial charge is 0.485 e. The van der Waals surface area contributed by atoms with Gasteiger partial charge in [0, 0.05) is 25.8 Å². The third-order valence-corrected chi connectivity index (χ3v) is 6.09. The maximum absolute atomic E-state index is 12.5. The zero-order chi connectivity index (χ0) is 19.0. The minimum absolute atomic E-state index is 0.0268. The Morgan fingerprint density at radius 1 is 1.37 bits per heavy atom. The average molecular weight is 368 g/mol. The van der Waals surface area contributed by atoms with Crippen LogP contribution in [0.25, 0.3) is 0 Å². The summed E-state index contributed by atoms with van der Waals surface area (Å²) < 4.78 is 8.52. The van der Waals surface area contributed by atoms with E-state index in [4.69, 9.17) is 4.74 Å². The monoisotopic (exact) mass is 368 g/mol. The van der Waals surface area contributed by atoms with Gasteiger partial charge in [0.25, 0.3) is 5.91 Å². The summed E-state index contributed by atoms with van der Waals surface area (Å²) in [4.78, 5) is 19.1. The predicted octanol–water partition coefficient (Wildman–Crippen LogP) is 2.66. The van der Waals surface area contributed by atoms with E-state index in [2.05, 4.69) is 26.8 Å². The fourth-order valence-corrected chi connectivity index (χ4v) is 4.29. The van der Waals surface area contributed by atoms with Crippen molar-refractivity contribution in [3.05, 3.63) is 47.5 Å². The van der Waals surface area contributed by atoms with E-state index in [0.29, 0.717) is 18.2 Å². The van der Waals surface area contributed by atoms with Crippen LogP contribution in [-0.2, 0) is 13.6 Å². The molecule has 2 aromatic rings. The molecule has 1 saturated carbocycles. The van der Waals surface area contributed by atoms with Crippen molar-refractivity contribution in [3.8, 4) is 5.75 Å². The van der Waals surface area contributed by atoms with Crippen LogP contribution >= 0.6 is 0 Å². The molecule has 27 heavy (non-hydrogen) atoms. The summed E-state index contributed by atoms with van der Waals surface area (Å²) in [7, 11) is 4.22. The maximum Gasteiger partial charge on any atom is 0.255 e. The van der Waals surface area contributed by atoms with E-state index in [0.717, 1.165) is 43.5 Å². The number of benzene rings is 1. The first-order chi connectivity index (χ1) is 13.0. The number of carbonyl (C=O) groups is 1. The topological polar surface area (TPSA) is 59.4 Å². The summed E-state index contributed by atoms with van der Waals surface area (Å²) in [6, 6.07) is 6.39. The minimum atomic E-state index is -0.292. The number of aromatic nitrogens is 2. The maximum atomic E-state index is 12.5. The van der Waals surface area contributed by atoms with Crippen LogP contribution in [0.15, 0.2) is 30.7 Å². The van der Waals surface area contributed by atoms with E-state index in [1.807, 2.05) is 44.7 Å². The minimum Gasteiger partial charge on any atom is -0.485 e. The first-order valence-electron chi connectivity index (χ1n) is 9.69. The molecule has 1 N–H and O–H groups in total. The van der Waals surface area contributed by atoms with E-state index in [-0.39, 0.29) is 11.5 Å². The molecule has 6 heteroatoms. The van der Waals surface area contributed by atoms with Crippen LogP contribution in [0.3, 0.4) is 0 Å². The lowest BCUT2D eigenvalue weighted by Gasteiger charge is -2.42. The van der Waals surface area contributed by atoms with E-state index in [1.165, 1.54) is 5.69 Å². The molecule has 1 spiro atoms. The molecule has 1 amide bonds. The number of fused-ring (bicyclic) bond motifs is 1. The average Bonchev–Trinajstić information content (AvgIpc) is 3.00. The molecule has 2 heterocycles. The van der Waals surface area contributed by atoms with E-state index in [9.17, 15) is 4.79 Å². The van der Waals surface area contributed by atoms with Crippen molar-refractivity contribution in [2.45, 2.75) is 50.8 Å². The SMILES string of the molecule is Cc1ccc2c(c1)C(=O)NCC1(CCC(N(C)Cc3cncn3C)CC1)O2. The number of hydrogen-bond donors (Lipinski definition) is 1. The number of amides is 1. The molecule has 0 unspecified atom stereocenters. The van der Waals surface area contributed by atoms with Crippen LogP contribution in [0, 0.1) is 6.92 Å². The standard InChI is InChI=1S/C21H28N4O2/c1-15-4-5-19-18(10-15)20(26)23-13-21(27-19)8-6-16(7-9-21)24(2)12-17-11-22-14-25(17)3/h4-5,10-11,14,16H,6-9,12-13H2,1-3H3,(H,23,26). The van der Waals surface area contributed by atoms with Crippen molar-refractivity contribution in [1.82, 2.24) is 19.8 Å². The lowest BCUT2D eigenvalue weighted by atomic mass is 9.81. The molecule has 1 aliphatic heterocycles. The number of imidazole rings is 1. The Hall–Kier alpha value is -2.34. The molecule has 1 aromatic carbocycles. The quantitative estimate of drug-likeness (QED) is 0.905. The van der Waals surface area contributed by atoms with Crippen LogP contribution in [0.4, 0.5) is 0 Å². The third kappa shape index (κ3) is 3.58. The number of ether oxygens (including phenoxy) is 1. The van der Waals surface area contributed by atoms with Crippen molar-refractivity contribution in [2.24, 2.45) is 7.05 Å². The van der Waals surface area contributed by atoms with Gasteiger partial charge in [-0.1, -0.05) is 11.6 Å². The summed E-state index contributed by atoms with van der Waals surface area (Å²) in [6.45, 7) is 3.48. The number of rotatable bonds is 3. The number of hydrogen-bond acceptors (Lipinski definition) is 4. The second-order valence-corrected chi connectivity index (χ2v) is 8.11. The molecule has 0 atom stereocenters. The fourth-order valence-electron chi connectivity index (χ4n) is 4.29. The van der Waals surface area contributed by atoms with E-state index >= 15 is 0 Å². The van der Waals surface area contributed by atoms with Crippen molar-refractivity contribution in [3.63, 3.8) is 0 Å². The summed E-state index contributed by atoms with van der Waals surface area (Å²) in [5, 5.41) is 3.09. The Morgan fingerprint density at radius 3 is 2.85 bits per heavy atom. The van der Waals surface area contributed by atoms with Crippen LogP contribution in [0.1, 0.15) is 47.3 Å². The molecule has 6 nitrogen and oxygen atoms in total. The highest BCUT2D eigenvalue weighted by Gasteiger charge is 2.41. The highest BCUT2D eigenvalue weighted by atomic mass is 16.5. The third-order valence-electron chi connectivity index (χ3n) is 6.09. The van der Waals surface area contributed by atoms with Crippen LogP contribution in [0.2, 0.25) is 0 Å². The lowest BCUT2D eigenvalue weighted by molar-refractivity contribution is 0.00856. The van der Waals surface area contributed by atoms with Gasteiger partial charge in [0.2, 0.25) is 0 Å². The highest BCUT2D eigenvalue weighted by molar-refractivity contribution is 5.97. The summed E-state index contributed by atoms with van der Waals surface area (Å²) in [5.41, 5.74) is 2.66. The first-order valence-corrected chi connectivity index (χ1v) is 9.69. The molecule has 1 aromatic heterocycles. The first kappa shape index (κ1) is 18.0. The van der Waals surface area contributed by atoms with Crippen LogP contribution in [0.5, 0.6) is 5.75 Å².